The van der Waals surface area contributed by atoms with Crippen LogP contribution >= 0.6 is 0 Å². The molecule has 0 spiro atoms. The van der Waals surface area contributed by atoms with Crippen LogP contribution in [-0.4, -0.2) is 26.1 Å². The Morgan fingerprint density at radius 1 is 1.04 bits per heavy atom. The maximum absolute atomic E-state index is 13.0. The van der Waals surface area contributed by atoms with Crippen molar-refractivity contribution in [3.63, 3.8) is 0 Å². The minimum absolute atomic E-state index is 0.0475. The molecule has 1 fully saturated rings. The standard InChI is InChI=1S/C20H24N2O2/c1-24-18-12-8-11-17(15-18)21-20(23)19(16-9-4-2-5-10-16)22-13-6-3-7-14-22/h2,4-5,8-12,15,19H,3,6-7,13-14H2,1H3,(H,21,23)/p+1/t19-/m1/s1. The Labute approximate surface area is 143 Å². The number of amides is 1. The largest absolute Gasteiger partial charge is 0.497 e. The first-order chi connectivity index (χ1) is 11.8. The van der Waals surface area contributed by atoms with Gasteiger partial charge in [-0.15, -0.1) is 0 Å². The second kappa shape index (κ2) is 7.97. The molecule has 4 nitrogen and oxygen atoms in total. The van der Waals surface area contributed by atoms with Crippen molar-refractivity contribution < 1.29 is 14.4 Å². The van der Waals surface area contributed by atoms with Gasteiger partial charge in [0.2, 0.25) is 0 Å². The molecule has 0 saturated carbocycles. The molecule has 3 rings (SSSR count). The number of nitrogens with one attached hydrogen (secondary N) is 2. The second-order valence-electron chi connectivity index (χ2n) is 6.28. The molecular weight excluding hydrogens is 300 g/mol. The molecule has 0 aromatic heterocycles. The summed E-state index contributed by atoms with van der Waals surface area (Å²) in [5.41, 5.74) is 1.85. The third-order valence-corrected chi connectivity index (χ3v) is 4.64. The summed E-state index contributed by atoms with van der Waals surface area (Å²) in [6, 6.07) is 17.5. The van der Waals surface area contributed by atoms with Crippen molar-refractivity contribution in [3.05, 3.63) is 60.2 Å². The summed E-state index contributed by atoms with van der Waals surface area (Å²) in [5.74, 6) is 0.792. The summed E-state index contributed by atoms with van der Waals surface area (Å²) in [7, 11) is 1.63. The minimum atomic E-state index is -0.169. The van der Waals surface area contributed by atoms with Crippen molar-refractivity contribution >= 4 is 11.6 Å². The molecule has 1 atom stereocenters. The lowest BCUT2D eigenvalue weighted by Gasteiger charge is -2.31. The first-order valence-electron chi connectivity index (χ1n) is 8.62. The Bertz CT molecular complexity index is 666. The predicted molar refractivity (Wildman–Crippen MR) is 95.4 cm³/mol. The highest BCUT2D eigenvalue weighted by molar-refractivity contribution is 5.94. The Morgan fingerprint density at radius 2 is 1.79 bits per heavy atom. The number of methoxy groups -OCH3 is 1. The normalized spacial score (nSPS) is 16.4. The van der Waals surface area contributed by atoms with Crippen molar-refractivity contribution in [2.24, 2.45) is 0 Å². The zero-order valence-corrected chi connectivity index (χ0v) is 14.1. The molecule has 4 heteroatoms. The van der Waals surface area contributed by atoms with Crippen LogP contribution in [0.5, 0.6) is 5.75 Å². The number of carbonyl (C=O) groups excluding carboxylic acids is 1. The average Bonchev–Trinajstić information content (AvgIpc) is 2.64. The van der Waals surface area contributed by atoms with Gasteiger partial charge in [0.25, 0.3) is 5.91 Å². The summed E-state index contributed by atoms with van der Waals surface area (Å²) >= 11 is 0. The monoisotopic (exact) mass is 325 g/mol. The maximum atomic E-state index is 13.0. The van der Waals surface area contributed by atoms with Crippen LogP contribution in [0, 0.1) is 0 Å². The van der Waals surface area contributed by atoms with Crippen molar-refractivity contribution in [3.8, 4) is 5.75 Å². The van der Waals surface area contributed by atoms with Gasteiger partial charge in [0, 0.05) is 17.3 Å². The SMILES string of the molecule is COc1cccc(NC(=O)[C@@H](c2ccccc2)[NH+]2CCCCC2)c1. The molecule has 24 heavy (non-hydrogen) atoms. The van der Waals surface area contributed by atoms with E-state index in [9.17, 15) is 4.79 Å². The molecule has 0 aliphatic carbocycles. The zero-order chi connectivity index (χ0) is 16.8. The van der Waals surface area contributed by atoms with Crippen LogP contribution in [0.25, 0.3) is 0 Å². The number of carbonyl (C=O) groups is 1. The summed E-state index contributed by atoms with van der Waals surface area (Å²) < 4.78 is 5.24. The third-order valence-electron chi connectivity index (χ3n) is 4.64. The van der Waals surface area contributed by atoms with Gasteiger partial charge in [-0.05, 0) is 31.4 Å². The summed E-state index contributed by atoms with van der Waals surface area (Å²) in [5, 5.41) is 3.07. The minimum Gasteiger partial charge on any atom is -0.497 e. The number of rotatable bonds is 5. The number of piperidine rings is 1. The van der Waals surface area contributed by atoms with E-state index < -0.39 is 0 Å². The predicted octanol–water partition coefficient (Wildman–Crippen LogP) is 2.44. The van der Waals surface area contributed by atoms with Gasteiger partial charge >= 0.3 is 0 Å². The Balaban J connectivity index is 1.82. The van der Waals surface area contributed by atoms with Crippen molar-refractivity contribution in [2.75, 3.05) is 25.5 Å². The highest BCUT2D eigenvalue weighted by atomic mass is 16.5. The first kappa shape index (κ1) is 16.5. The van der Waals surface area contributed by atoms with Crippen molar-refractivity contribution in [2.45, 2.75) is 25.3 Å². The van der Waals surface area contributed by atoms with E-state index in [0.717, 1.165) is 30.1 Å². The molecular formula is C20H25N2O2+. The van der Waals surface area contributed by atoms with Gasteiger partial charge in [-0.3, -0.25) is 4.79 Å². The molecule has 2 aromatic rings. The van der Waals surface area contributed by atoms with Gasteiger partial charge in [-0.25, -0.2) is 0 Å². The molecule has 0 radical (unpaired) electrons. The fourth-order valence-corrected chi connectivity index (χ4v) is 3.43. The van der Waals surface area contributed by atoms with Crippen molar-refractivity contribution in [1.82, 2.24) is 0 Å². The molecule has 1 saturated heterocycles. The zero-order valence-electron chi connectivity index (χ0n) is 14.1. The lowest BCUT2D eigenvalue weighted by atomic mass is 10.0. The van der Waals surface area contributed by atoms with Crippen LogP contribution in [-0.2, 0) is 4.79 Å². The third kappa shape index (κ3) is 3.95. The van der Waals surface area contributed by atoms with E-state index in [1.807, 2.05) is 42.5 Å². The molecule has 0 unspecified atom stereocenters. The second-order valence-corrected chi connectivity index (χ2v) is 6.28. The number of likely N-dealkylation sites (tertiary alicyclic amines) is 1. The number of benzene rings is 2. The van der Waals surface area contributed by atoms with Gasteiger partial charge in [0.15, 0.2) is 6.04 Å². The Morgan fingerprint density at radius 3 is 2.50 bits per heavy atom. The van der Waals surface area contributed by atoms with Crippen LogP contribution in [0.1, 0.15) is 30.9 Å². The molecule has 2 aromatic carbocycles. The number of quaternary nitrogens is 1. The van der Waals surface area contributed by atoms with E-state index in [0.29, 0.717) is 0 Å². The lowest BCUT2D eigenvalue weighted by Crippen LogP contribution is -3.14. The summed E-state index contributed by atoms with van der Waals surface area (Å²) in [6.07, 6.45) is 3.64. The quantitative estimate of drug-likeness (QED) is 0.887. The molecule has 1 aliphatic heterocycles. The summed E-state index contributed by atoms with van der Waals surface area (Å²) in [6.45, 7) is 2.09. The number of ether oxygens (including phenoxy) is 1. The number of anilines is 1. The van der Waals surface area contributed by atoms with Gasteiger partial charge in [-0.1, -0.05) is 36.4 Å². The average molecular weight is 325 g/mol. The molecule has 1 heterocycles. The van der Waals surface area contributed by atoms with Gasteiger partial charge in [0.1, 0.15) is 5.75 Å². The number of hydrogen-bond acceptors (Lipinski definition) is 2. The smallest absolute Gasteiger partial charge is 0.287 e. The topological polar surface area (TPSA) is 42.8 Å². The Kier molecular flexibility index (Phi) is 5.49. The maximum Gasteiger partial charge on any atom is 0.287 e. The summed E-state index contributed by atoms with van der Waals surface area (Å²) in [4.78, 5) is 14.4. The highest BCUT2D eigenvalue weighted by Gasteiger charge is 2.32. The van der Waals surface area contributed by atoms with Crippen LogP contribution in [0.3, 0.4) is 0 Å². The van der Waals surface area contributed by atoms with Crippen LogP contribution < -0.4 is 15.0 Å². The Hall–Kier alpha value is -2.33. The van der Waals surface area contributed by atoms with E-state index >= 15 is 0 Å². The van der Waals surface area contributed by atoms with Crippen LogP contribution in [0.15, 0.2) is 54.6 Å². The molecule has 126 valence electrons. The fourth-order valence-electron chi connectivity index (χ4n) is 3.43. The van der Waals surface area contributed by atoms with E-state index in [4.69, 9.17) is 4.74 Å². The van der Waals surface area contributed by atoms with E-state index in [1.165, 1.54) is 24.2 Å². The first-order valence-corrected chi connectivity index (χ1v) is 8.62. The van der Waals surface area contributed by atoms with Crippen LogP contribution in [0.4, 0.5) is 5.69 Å². The molecule has 1 aliphatic rings. The van der Waals surface area contributed by atoms with Gasteiger partial charge in [-0.2, -0.15) is 0 Å². The van der Waals surface area contributed by atoms with Crippen molar-refractivity contribution in [1.29, 1.82) is 0 Å². The van der Waals surface area contributed by atoms with E-state index in [1.54, 1.807) is 7.11 Å². The number of hydrogen-bond donors (Lipinski definition) is 2. The lowest BCUT2D eigenvalue weighted by molar-refractivity contribution is -0.926. The van der Waals surface area contributed by atoms with E-state index in [-0.39, 0.29) is 11.9 Å². The molecule has 1 amide bonds. The van der Waals surface area contributed by atoms with Gasteiger partial charge < -0.3 is 15.0 Å². The van der Waals surface area contributed by atoms with Gasteiger partial charge in [0.05, 0.1) is 20.2 Å². The molecule has 2 N–H and O–H groups in total. The highest BCUT2D eigenvalue weighted by Crippen LogP contribution is 2.19. The van der Waals surface area contributed by atoms with E-state index in [2.05, 4.69) is 17.4 Å². The fraction of sp³-hybridized carbons (Fsp3) is 0.350. The van der Waals surface area contributed by atoms with Crippen LogP contribution in [0.2, 0.25) is 0 Å². The molecule has 0 bridgehead atoms.